The van der Waals surface area contributed by atoms with Gasteiger partial charge in [0.05, 0.1) is 5.71 Å². The number of amidine groups is 1. The van der Waals surface area contributed by atoms with Crippen LogP contribution in [-0.4, -0.2) is 23.1 Å². The van der Waals surface area contributed by atoms with Crippen LogP contribution >= 0.6 is 0 Å². The molecule has 2 N–H and O–H groups in total. The van der Waals surface area contributed by atoms with Crippen molar-refractivity contribution in [2.24, 2.45) is 5.10 Å². The number of nitrogens with zero attached hydrogens (tertiary/aromatic N) is 2. The fourth-order valence-corrected chi connectivity index (χ4v) is 1.04. The average Bonchev–Trinajstić information content (AvgIpc) is 2.40. The van der Waals surface area contributed by atoms with Crippen LogP contribution in [0.25, 0.3) is 0 Å². The van der Waals surface area contributed by atoms with Crippen molar-refractivity contribution in [1.82, 2.24) is 10.3 Å². The van der Waals surface area contributed by atoms with E-state index in [9.17, 15) is 0 Å². The van der Waals surface area contributed by atoms with Crippen molar-refractivity contribution in [2.75, 3.05) is 6.67 Å². The van der Waals surface area contributed by atoms with Crippen molar-refractivity contribution >= 4 is 11.5 Å². The summed E-state index contributed by atoms with van der Waals surface area (Å²) in [5.41, 5.74) is 3.25. The van der Waals surface area contributed by atoms with Gasteiger partial charge >= 0.3 is 0 Å². The van der Waals surface area contributed by atoms with Gasteiger partial charge in [-0.2, -0.15) is 5.10 Å². The summed E-state index contributed by atoms with van der Waals surface area (Å²) < 4.78 is 0. The van der Waals surface area contributed by atoms with E-state index in [1.807, 2.05) is 23.3 Å². The van der Waals surface area contributed by atoms with Gasteiger partial charge in [0.1, 0.15) is 6.67 Å². The summed E-state index contributed by atoms with van der Waals surface area (Å²) in [5.74, 6) is 0.690. The summed E-state index contributed by atoms with van der Waals surface area (Å²) >= 11 is 0. The molecule has 0 aromatic heterocycles. The monoisotopic (exact) mass is 148 g/mol. The number of hydrogen-bond acceptors (Lipinski definition) is 4. The summed E-state index contributed by atoms with van der Waals surface area (Å²) in [4.78, 5) is 1.89. The molecule has 2 heterocycles. The second kappa shape index (κ2) is 2.23. The van der Waals surface area contributed by atoms with E-state index in [1.54, 1.807) is 6.08 Å². The van der Waals surface area contributed by atoms with Crippen molar-refractivity contribution in [3.63, 3.8) is 0 Å². The topological polar surface area (TPSA) is 51.5 Å². The highest BCUT2D eigenvalue weighted by Gasteiger charge is 2.17. The zero-order valence-electron chi connectivity index (χ0n) is 5.91. The lowest BCUT2D eigenvalue weighted by molar-refractivity contribution is 0.554. The van der Waals surface area contributed by atoms with Gasteiger partial charge in [-0.05, 0) is 12.2 Å². The summed E-state index contributed by atoms with van der Waals surface area (Å²) in [7, 11) is 0. The molecule has 0 aromatic carbocycles. The Morgan fingerprint density at radius 2 is 2.45 bits per heavy atom. The molecular formula is C7H8N4. The normalized spacial score (nSPS) is 20.9. The van der Waals surface area contributed by atoms with E-state index in [-0.39, 0.29) is 0 Å². The molecule has 0 unspecified atom stereocenters. The first-order chi connectivity index (χ1) is 5.38. The third-order valence-electron chi connectivity index (χ3n) is 1.58. The Bertz CT molecular complexity index is 274. The minimum Gasteiger partial charge on any atom is -0.310 e. The second-order valence-electron chi connectivity index (χ2n) is 2.34. The Morgan fingerprint density at radius 1 is 1.55 bits per heavy atom. The Labute approximate surface area is 64.4 Å². The van der Waals surface area contributed by atoms with Gasteiger partial charge in [0, 0.05) is 6.20 Å². The van der Waals surface area contributed by atoms with E-state index < -0.39 is 0 Å². The van der Waals surface area contributed by atoms with E-state index in [1.165, 1.54) is 0 Å². The number of hydrogen-bond donors (Lipinski definition) is 2. The summed E-state index contributed by atoms with van der Waals surface area (Å²) in [5, 5.41) is 11.5. The summed E-state index contributed by atoms with van der Waals surface area (Å²) in [6, 6.07) is 0. The fraction of sp³-hybridized carbons (Fsp3) is 0.143. The maximum absolute atomic E-state index is 7.52. The van der Waals surface area contributed by atoms with E-state index in [0.717, 1.165) is 0 Å². The Balaban J connectivity index is 2.37. The van der Waals surface area contributed by atoms with Crippen LogP contribution in [0.1, 0.15) is 0 Å². The second-order valence-corrected chi connectivity index (χ2v) is 2.34. The van der Waals surface area contributed by atoms with Gasteiger partial charge in [-0.15, -0.1) is 0 Å². The van der Waals surface area contributed by atoms with Crippen molar-refractivity contribution in [3.8, 4) is 0 Å². The molecule has 0 aliphatic carbocycles. The molecule has 4 nitrogen and oxygen atoms in total. The number of fused-ring (bicyclic) bond motifs is 1. The average molecular weight is 148 g/mol. The Kier molecular flexibility index (Phi) is 1.25. The van der Waals surface area contributed by atoms with Crippen LogP contribution in [0.3, 0.4) is 0 Å². The number of allylic oxidation sites excluding steroid dienone is 2. The zero-order valence-corrected chi connectivity index (χ0v) is 5.91. The highest BCUT2D eigenvalue weighted by atomic mass is 15.5. The minimum atomic E-state index is 0.444. The van der Waals surface area contributed by atoms with Gasteiger partial charge in [0.2, 0.25) is 0 Å². The van der Waals surface area contributed by atoms with Crippen molar-refractivity contribution < 1.29 is 0 Å². The van der Waals surface area contributed by atoms with Crippen molar-refractivity contribution in [3.05, 3.63) is 24.4 Å². The van der Waals surface area contributed by atoms with Gasteiger partial charge < -0.3 is 4.90 Å². The van der Waals surface area contributed by atoms with Gasteiger partial charge in [-0.3, -0.25) is 10.8 Å². The number of hydrazone groups is 1. The smallest absolute Gasteiger partial charge is 0.179 e. The molecule has 0 saturated carbocycles. The van der Waals surface area contributed by atoms with Gasteiger partial charge in [-0.25, -0.2) is 0 Å². The summed E-state index contributed by atoms with van der Waals surface area (Å²) in [6.45, 7) is 0.663. The quantitative estimate of drug-likeness (QED) is 0.518. The molecule has 56 valence electrons. The highest BCUT2D eigenvalue weighted by Crippen LogP contribution is 2.04. The molecule has 0 bridgehead atoms. The van der Waals surface area contributed by atoms with Crippen LogP contribution < -0.4 is 5.43 Å². The van der Waals surface area contributed by atoms with Gasteiger partial charge in [0.15, 0.2) is 5.84 Å². The molecule has 0 radical (unpaired) electrons. The third-order valence-corrected chi connectivity index (χ3v) is 1.58. The predicted octanol–water partition coefficient (Wildman–Crippen LogP) is 0.266. The molecule has 0 aromatic rings. The maximum atomic E-state index is 7.52. The lowest BCUT2D eigenvalue weighted by atomic mass is 10.3. The number of nitrogens with one attached hydrogen (secondary N) is 2. The minimum absolute atomic E-state index is 0.444. The fourth-order valence-electron chi connectivity index (χ4n) is 1.04. The first kappa shape index (κ1) is 6.15. The first-order valence-corrected chi connectivity index (χ1v) is 3.39. The van der Waals surface area contributed by atoms with Gasteiger partial charge in [-0.1, -0.05) is 6.08 Å². The molecule has 11 heavy (non-hydrogen) atoms. The highest BCUT2D eigenvalue weighted by molar-refractivity contribution is 6.44. The zero-order chi connectivity index (χ0) is 7.68. The van der Waals surface area contributed by atoms with Crippen LogP contribution in [0.5, 0.6) is 0 Å². The Hall–Kier alpha value is -1.58. The molecule has 0 amide bonds. The maximum Gasteiger partial charge on any atom is 0.179 e. The molecule has 0 saturated heterocycles. The number of rotatable bonds is 0. The lowest BCUT2D eigenvalue weighted by Gasteiger charge is -2.10. The molecule has 0 fully saturated rings. The van der Waals surface area contributed by atoms with Crippen LogP contribution in [0, 0.1) is 5.41 Å². The molecule has 0 spiro atoms. The molecule has 2 rings (SSSR count). The third kappa shape index (κ3) is 0.920. The molecule has 4 heteroatoms. The van der Waals surface area contributed by atoms with E-state index in [4.69, 9.17) is 5.41 Å². The standard InChI is InChI=1S/C7H8N4/c8-6-3-1-2-4-11-5-9-10-7(6)11/h1-4,8-9H,5H2. The molecule has 2 aliphatic rings. The van der Waals surface area contributed by atoms with Crippen LogP contribution in [0.4, 0.5) is 0 Å². The van der Waals surface area contributed by atoms with Crippen molar-refractivity contribution in [2.45, 2.75) is 0 Å². The van der Waals surface area contributed by atoms with E-state index >= 15 is 0 Å². The summed E-state index contributed by atoms with van der Waals surface area (Å²) in [6.07, 6.45) is 7.35. The first-order valence-electron chi connectivity index (χ1n) is 3.39. The van der Waals surface area contributed by atoms with Crippen LogP contribution in [-0.2, 0) is 0 Å². The molecular weight excluding hydrogens is 140 g/mol. The molecule has 2 aliphatic heterocycles. The Morgan fingerprint density at radius 3 is 3.36 bits per heavy atom. The van der Waals surface area contributed by atoms with Gasteiger partial charge in [0.25, 0.3) is 0 Å². The van der Waals surface area contributed by atoms with E-state index in [0.29, 0.717) is 18.2 Å². The lowest BCUT2D eigenvalue weighted by Crippen LogP contribution is -2.27. The van der Waals surface area contributed by atoms with Crippen LogP contribution in [0.2, 0.25) is 0 Å². The molecule has 0 atom stereocenters. The largest absolute Gasteiger partial charge is 0.310 e. The SMILES string of the molecule is N=C1C=CC=CN2CNN=C12. The predicted molar refractivity (Wildman–Crippen MR) is 43.3 cm³/mol. The van der Waals surface area contributed by atoms with Crippen LogP contribution in [0.15, 0.2) is 29.5 Å². The van der Waals surface area contributed by atoms with Crippen molar-refractivity contribution in [1.29, 1.82) is 5.41 Å². The van der Waals surface area contributed by atoms with E-state index in [2.05, 4.69) is 10.5 Å².